The molecule has 0 aliphatic heterocycles. The van der Waals surface area contributed by atoms with E-state index in [0.717, 1.165) is 0 Å². The zero-order valence-electron chi connectivity index (χ0n) is 8.90. The fraction of sp³-hybridized carbons (Fsp3) is 0.154. The van der Waals surface area contributed by atoms with Crippen LogP contribution in [0.15, 0.2) is 41.7 Å². The van der Waals surface area contributed by atoms with E-state index in [-0.39, 0.29) is 17.8 Å². The summed E-state index contributed by atoms with van der Waals surface area (Å²) >= 11 is 0. The predicted molar refractivity (Wildman–Crippen MR) is 58.2 cm³/mol. The summed E-state index contributed by atoms with van der Waals surface area (Å²) in [6.07, 6.45) is -0.802. The van der Waals surface area contributed by atoms with Gasteiger partial charge in [0.05, 0.1) is 6.42 Å². The molecule has 4 heteroatoms. The summed E-state index contributed by atoms with van der Waals surface area (Å²) < 4.78 is 13.3. The Morgan fingerprint density at radius 1 is 1.12 bits per heavy atom. The molecule has 0 radical (unpaired) electrons. The maximum Gasteiger partial charge on any atom is 0.199 e. The van der Waals surface area contributed by atoms with Crippen LogP contribution in [0.5, 0.6) is 0 Å². The van der Waals surface area contributed by atoms with Crippen LogP contribution in [0.1, 0.15) is 23.2 Å². The maximum absolute atomic E-state index is 13.3. The maximum atomic E-state index is 13.3. The van der Waals surface area contributed by atoms with Gasteiger partial charge in [-0.2, -0.15) is 0 Å². The average Bonchev–Trinajstić information content (AvgIpc) is 2.57. The van der Waals surface area contributed by atoms with Crippen molar-refractivity contribution in [1.29, 1.82) is 0 Å². The third-order valence-electron chi connectivity index (χ3n) is 2.60. The van der Waals surface area contributed by atoms with Crippen LogP contribution in [0.25, 0.3) is 0 Å². The van der Waals surface area contributed by atoms with E-state index in [0.29, 0.717) is 5.56 Å². The second-order valence-electron chi connectivity index (χ2n) is 3.78. The summed E-state index contributed by atoms with van der Waals surface area (Å²) in [4.78, 5) is 34.0. The number of Topliss-reactive ketones (excluding diaryl/α,β-unsaturated/α-hetero) is 3. The molecule has 0 unspecified atom stereocenters. The Bertz CT molecular complexity index is 529. The number of hydrogen-bond donors (Lipinski definition) is 0. The van der Waals surface area contributed by atoms with Gasteiger partial charge in [0.1, 0.15) is 0 Å². The largest absolute Gasteiger partial charge is 0.294 e. The quantitative estimate of drug-likeness (QED) is 0.591. The number of benzene rings is 1. The van der Waals surface area contributed by atoms with E-state index < -0.39 is 23.8 Å². The highest BCUT2D eigenvalue weighted by Gasteiger charge is 2.32. The van der Waals surface area contributed by atoms with Crippen molar-refractivity contribution >= 4 is 17.3 Å². The molecule has 0 saturated carbocycles. The van der Waals surface area contributed by atoms with E-state index >= 15 is 0 Å². The molecular weight excluding hydrogens is 223 g/mol. The lowest BCUT2D eigenvalue weighted by Gasteiger charge is -2.00. The van der Waals surface area contributed by atoms with Gasteiger partial charge in [-0.15, -0.1) is 0 Å². The number of carbonyl (C=O) groups excluding carboxylic acids is 3. The van der Waals surface area contributed by atoms with Crippen LogP contribution >= 0.6 is 0 Å². The van der Waals surface area contributed by atoms with Gasteiger partial charge in [-0.05, 0) is 0 Å². The normalized spacial score (nSPS) is 15.6. The molecule has 3 nitrogen and oxygen atoms in total. The summed E-state index contributed by atoms with van der Waals surface area (Å²) in [5.41, 5.74) is 0.115. The highest BCUT2D eigenvalue weighted by atomic mass is 19.1. The fourth-order valence-corrected chi connectivity index (χ4v) is 1.68. The summed E-state index contributed by atoms with van der Waals surface area (Å²) in [7, 11) is 0. The first-order chi connectivity index (χ1) is 8.09. The van der Waals surface area contributed by atoms with Gasteiger partial charge in [0.25, 0.3) is 0 Å². The number of allylic oxidation sites excluding steroid dienone is 2. The van der Waals surface area contributed by atoms with Crippen molar-refractivity contribution in [3.05, 3.63) is 47.3 Å². The van der Waals surface area contributed by atoms with Crippen LogP contribution in [0.2, 0.25) is 0 Å². The number of rotatable bonds is 3. The predicted octanol–water partition coefficient (Wildman–Crippen LogP) is 2.02. The van der Waals surface area contributed by atoms with Crippen LogP contribution in [0.3, 0.4) is 0 Å². The lowest BCUT2D eigenvalue weighted by molar-refractivity contribution is -0.121. The van der Waals surface area contributed by atoms with E-state index in [4.69, 9.17) is 0 Å². The lowest BCUT2D eigenvalue weighted by Crippen LogP contribution is -2.05. The van der Waals surface area contributed by atoms with E-state index in [1.54, 1.807) is 30.3 Å². The molecule has 0 fully saturated rings. The van der Waals surface area contributed by atoms with Crippen molar-refractivity contribution in [2.45, 2.75) is 12.8 Å². The van der Waals surface area contributed by atoms with Crippen molar-refractivity contribution < 1.29 is 18.8 Å². The third-order valence-corrected chi connectivity index (χ3v) is 2.60. The molecular formula is C13H9FO3. The highest BCUT2D eigenvalue weighted by molar-refractivity contribution is 6.23. The van der Waals surface area contributed by atoms with Crippen molar-refractivity contribution in [3.8, 4) is 0 Å². The Morgan fingerprint density at radius 3 is 2.29 bits per heavy atom. The van der Waals surface area contributed by atoms with Crippen LogP contribution < -0.4 is 0 Å². The molecule has 1 aromatic rings. The minimum atomic E-state index is -1.06. The molecule has 0 heterocycles. The van der Waals surface area contributed by atoms with Crippen molar-refractivity contribution in [2.24, 2.45) is 0 Å². The minimum absolute atomic E-state index is 0.288. The Hall–Kier alpha value is -2.10. The number of halogens is 1. The van der Waals surface area contributed by atoms with E-state index in [1.807, 2.05) is 0 Å². The van der Waals surface area contributed by atoms with Crippen LogP contribution in [-0.2, 0) is 9.59 Å². The molecule has 0 aromatic heterocycles. The van der Waals surface area contributed by atoms with Crippen LogP contribution in [0, 0.1) is 0 Å². The second kappa shape index (κ2) is 4.41. The SMILES string of the molecule is O=C1CC(=O)C(CC(=O)c2ccccc2)=C1F. The van der Waals surface area contributed by atoms with Gasteiger partial charge in [0.15, 0.2) is 23.2 Å². The van der Waals surface area contributed by atoms with Gasteiger partial charge in [-0.3, -0.25) is 14.4 Å². The average molecular weight is 232 g/mol. The van der Waals surface area contributed by atoms with Gasteiger partial charge in [0, 0.05) is 17.6 Å². The fourth-order valence-electron chi connectivity index (χ4n) is 1.68. The molecule has 1 aliphatic rings. The zero-order valence-corrected chi connectivity index (χ0v) is 8.90. The molecule has 2 rings (SSSR count). The number of ketones is 3. The zero-order chi connectivity index (χ0) is 12.4. The van der Waals surface area contributed by atoms with E-state index in [1.165, 1.54) is 0 Å². The first kappa shape index (κ1) is 11.4. The molecule has 0 saturated heterocycles. The van der Waals surface area contributed by atoms with Crippen molar-refractivity contribution in [3.63, 3.8) is 0 Å². The molecule has 0 spiro atoms. The first-order valence-corrected chi connectivity index (χ1v) is 5.13. The smallest absolute Gasteiger partial charge is 0.199 e. The summed E-state index contributed by atoms with van der Waals surface area (Å²) in [5.74, 6) is -2.83. The summed E-state index contributed by atoms with van der Waals surface area (Å²) in [6, 6.07) is 8.28. The van der Waals surface area contributed by atoms with Crippen LogP contribution in [-0.4, -0.2) is 17.3 Å². The molecule has 1 aromatic carbocycles. The van der Waals surface area contributed by atoms with Gasteiger partial charge in [-0.1, -0.05) is 30.3 Å². The van der Waals surface area contributed by atoms with Gasteiger partial charge >= 0.3 is 0 Å². The summed E-state index contributed by atoms with van der Waals surface area (Å²) in [5, 5.41) is 0. The lowest BCUT2D eigenvalue weighted by atomic mass is 10.0. The highest BCUT2D eigenvalue weighted by Crippen LogP contribution is 2.24. The van der Waals surface area contributed by atoms with E-state index in [2.05, 4.69) is 0 Å². The molecule has 0 bridgehead atoms. The monoisotopic (exact) mass is 232 g/mol. The van der Waals surface area contributed by atoms with Crippen molar-refractivity contribution in [2.75, 3.05) is 0 Å². The Morgan fingerprint density at radius 2 is 1.76 bits per heavy atom. The Balaban J connectivity index is 2.21. The van der Waals surface area contributed by atoms with Crippen LogP contribution in [0.4, 0.5) is 4.39 Å². The molecule has 0 atom stereocenters. The van der Waals surface area contributed by atoms with Gasteiger partial charge in [0.2, 0.25) is 0 Å². The topological polar surface area (TPSA) is 51.2 Å². The molecule has 0 N–H and O–H groups in total. The molecule has 0 amide bonds. The van der Waals surface area contributed by atoms with E-state index in [9.17, 15) is 18.8 Å². The molecule has 17 heavy (non-hydrogen) atoms. The van der Waals surface area contributed by atoms with Crippen molar-refractivity contribution in [1.82, 2.24) is 0 Å². The van der Waals surface area contributed by atoms with Gasteiger partial charge < -0.3 is 0 Å². The first-order valence-electron chi connectivity index (χ1n) is 5.13. The Labute approximate surface area is 96.9 Å². The number of hydrogen-bond acceptors (Lipinski definition) is 3. The third kappa shape index (κ3) is 2.20. The summed E-state index contributed by atoms with van der Waals surface area (Å²) in [6.45, 7) is 0. The minimum Gasteiger partial charge on any atom is -0.294 e. The number of carbonyl (C=O) groups is 3. The Kier molecular flexibility index (Phi) is 2.95. The standard InChI is InChI=1S/C13H9FO3/c14-13-9(11(16)7-12(13)17)6-10(15)8-4-2-1-3-5-8/h1-5H,6-7H2. The molecule has 1 aliphatic carbocycles. The second-order valence-corrected chi connectivity index (χ2v) is 3.78. The van der Waals surface area contributed by atoms with Gasteiger partial charge in [-0.25, -0.2) is 4.39 Å². The molecule has 86 valence electrons.